The Hall–Kier alpha value is -3.45. The Morgan fingerprint density at radius 3 is 2.43 bits per heavy atom. The molecule has 1 aliphatic carbocycles. The number of hydrogen-bond donors (Lipinski definition) is 2. The van der Waals surface area contributed by atoms with Gasteiger partial charge in [0.2, 0.25) is 17.7 Å². The third-order valence-corrected chi connectivity index (χ3v) is 8.61. The molecule has 7 nitrogen and oxygen atoms in total. The van der Waals surface area contributed by atoms with Crippen LogP contribution in [0.4, 0.5) is 5.69 Å². The van der Waals surface area contributed by atoms with Crippen molar-refractivity contribution in [3.05, 3.63) is 77.9 Å². The normalized spacial score (nSPS) is 32.1. The fraction of sp³-hybridized carbons (Fsp3) is 0.433. The molecule has 192 valence electrons. The highest BCUT2D eigenvalue weighted by Gasteiger charge is 2.76. The van der Waals surface area contributed by atoms with Crippen LogP contribution in [0.2, 0.25) is 0 Å². The Bertz CT molecular complexity index is 1270. The molecular weight excluding hydrogens is 466 g/mol. The lowest BCUT2D eigenvalue weighted by Gasteiger charge is -2.34. The maximum atomic E-state index is 14.3. The average Bonchev–Trinajstić information content (AvgIpc) is 3.63. The summed E-state index contributed by atoms with van der Waals surface area (Å²) in [6, 6.07) is 16.5. The molecule has 2 N–H and O–H groups in total. The van der Waals surface area contributed by atoms with Crippen molar-refractivity contribution >= 4 is 23.4 Å². The Labute approximate surface area is 217 Å². The van der Waals surface area contributed by atoms with E-state index >= 15 is 0 Å². The highest BCUT2D eigenvalue weighted by molar-refractivity contribution is 6.10. The van der Waals surface area contributed by atoms with Crippen LogP contribution in [0.15, 0.2) is 66.7 Å². The summed E-state index contributed by atoms with van der Waals surface area (Å²) in [5.74, 6) is -2.24. The van der Waals surface area contributed by atoms with Crippen molar-refractivity contribution in [3.8, 4) is 0 Å². The lowest BCUT2D eigenvalue weighted by Crippen LogP contribution is -2.56. The molecule has 4 aliphatic rings. The zero-order valence-corrected chi connectivity index (χ0v) is 21.3. The third kappa shape index (κ3) is 3.71. The van der Waals surface area contributed by atoms with Gasteiger partial charge in [0.25, 0.3) is 0 Å². The second-order valence-electron chi connectivity index (χ2n) is 11.0. The molecule has 2 aromatic carbocycles. The molecule has 5 atom stereocenters. The minimum absolute atomic E-state index is 0.0971. The lowest BCUT2D eigenvalue weighted by atomic mass is 9.70. The molecule has 3 fully saturated rings. The molecule has 0 aromatic heterocycles. The Morgan fingerprint density at radius 1 is 1.00 bits per heavy atom. The van der Waals surface area contributed by atoms with Gasteiger partial charge in [-0.15, -0.1) is 0 Å². The molecule has 0 radical (unpaired) electrons. The predicted octanol–water partition coefficient (Wildman–Crippen LogP) is 3.42. The summed E-state index contributed by atoms with van der Waals surface area (Å²) in [7, 11) is 0. The van der Waals surface area contributed by atoms with Crippen LogP contribution in [-0.2, 0) is 25.7 Å². The predicted molar refractivity (Wildman–Crippen MR) is 139 cm³/mol. The van der Waals surface area contributed by atoms with Gasteiger partial charge < -0.3 is 15.4 Å². The molecule has 37 heavy (non-hydrogen) atoms. The lowest BCUT2D eigenvalue weighted by molar-refractivity contribution is -0.134. The molecular formula is C30H33N3O4. The second kappa shape index (κ2) is 8.84. The summed E-state index contributed by atoms with van der Waals surface area (Å²) in [6.45, 7) is 4.14. The molecule has 0 unspecified atom stereocenters. The molecule has 7 heteroatoms. The summed E-state index contributed by atoms with van der Waals surface area (Å²) < 4.78 is 6.62. The minimum atomic E-state index is -1.20. The van der Waals surface area contributed by atoms with Crippen molar-refractivity contribution in [3.63, 3.8) is 0 Å². The second-order valence-corrected chi connectivity index (χ2v) is 11.0. The molecule has 2 aromatic rings. The smallest absolute Gasteiger partial charge is 0.246 e. The number of carbonyl (C=O) groups excluding carboxylic acids is 3. The fourth-order valence-electron chi connectivity index (χ4n) is 6.87. The Balaban J connectivity index is 1.37. The number of fused-ring (bicyclic) bond motifs is 1. The largest absolute Gasteiger partial charge is 0.356 e. The first-order chi connectivity index (χ1) is 17.8. The van der Waals surface area contributed by atoms with Crippen LogP contribution in [-0.4, -0.2) is 41.0 Å². The number of carbonyl (C=O) groups is 3. The van der Waals surface area contributed by atoms with Crippen molar-refractivity contribution in [2.75, 3.05) is 4.90 Å². The highest BCUT2D eigenvalue weighted by atomic mass is 16.5. The van der Waals surface area contributed by atoms with Crippen LogP contribution >= 0.6 is 0 Å². The number of anilines is 1. The topological polar surface area (TPSA) is 87.7 Å². The number of rotatable bonds is 6. The van der Waals surface area contributed by atoms with Crippen LogP contribution in [0, 0.1) is 18.8 Å². The first-order valence-electron chi connectivity index (χ1n) is 13.3. The van der Waals surface area contributed by atoms with E-state index in [1.807, 2.05) is 80.6 Å². The van der Waals surface area contributed by atoms with E-state index in [2.05, 4.69) is 10.6 Å². The molecule has 2 saturated heterocycles. The molecule has 3 amide bonds. The van der Waals surface area contributed by atoms with Crippen LogP contribution in [0.3, 0.4) is 0 Å². The number of ether oxygens (including phenoxy) is 1. The van der Waals surface area contributed by atoms with Crippen LogP contribution in [0.5, 0.6) is 0 Å². The van der Waals surface area contributed by atoms with E-state index in [-0.39, 0.29) is 23.8 Å². The number of para-hydroxylation sites is 1. The van der Waals surface area contributed by atoms with Crippen LogP contribution in [0.25, 0.3) is 0 Å². The zero-order valence-electron chi connectivity index (χ0n) is 21.3. The van der Waals surface area contributed by atoms with Crippen molar-refractivity contribution in [1.82, 2.24) is 10.6 Å². The minimum Gasteiger partial charge on any atom is -0.356 e. The SMILES string of the molecule is Cc1ccccc1N1C(=O)[C@H]2[C@@H](C(=O)NCc3ccccc3)[C@@]3(C)C=C[C@@]2(O3)[C@@H]1C(=O)NC1CCCC1. The van der Waals surface area contributed by atoms with Crippen molar-refractivity contribution in [2.45, 2.75) is 69.4 Å². The highest BCUT2D eigenvalue weighted by Crippen LogP contribution is 2.60. The summed E-state index contributed by atoms with van der Waals surface area (Å²) in [4.78, 5) is 43.5. The quantitative estimate of drug-likeness (QED) is 0.597. The van der Waals surface area contributed by atoms with Crippen molar-refractivity contribution < 1.29 is 19.1 Å². The van der Waals surface area contributed by atoms with E-state index in [0.29, 0.717) is 12.2 Å². The first kappa shape index (κ1) is 23.9. The third-order valence-electron chi connectivity index (χ3n) is 8.61. The number of nitrogens with zero attached hydrogens (tertiary/aromatic N) is 1. The summed E-state index contributed by atoms with van der Waals surface area (Å²) in [5.41, 5.74) is 0.372. The van der Waals surface area contributed by atoms with E-state index in [1.54, 1.807) is 4.90 Å². The van der Waals surface area contributed by atoms with Gasteiger partial charge in [-0.3, -0.25) is 19.3 Å². The van der Waals surface area contributed by atoms with Gasteiger partial charge in [-0.05, 0) is 43.9 Å². The maximum Gasteiger partial charge on any atom is 0.246 e. The van der Waals surface area contributed by atoms with Crippen LogP contribution in [0.1, 0.15) is 43.7 Å². The molecule has 3 heterocycles. The van der Waals surface area contributed by atoms with Gasteiger partial charge in [0.05, 0.1) is 17.4 Å². The molecule has 6 rings (SSSR count). The van der Waals surface area contributed by atoms with E-state index in [1.165, 1.54) is 0 Å². The summed E-state index contributed by atoms with van der Waals surface area (Å²) in [5, 5.41) is 6.23. The summed E-state index contributed by atoms with van der Waals surface area (Å²) >= 11 is 0. The van der Waals surface area contributed by atoms with E-state index < -0.39 is 29.1 Å². The molecule has 2 bridgehead atoms. The number of aryl methyl sites for hydroxylation is 1. The van der Waals surface area contributed by atoms with Gasteiger partial charge in [-0.25, -0.2) is 0 Å². The van der Waals surface area contributed by atoms with Gasteiger partial charge in [0.1, 0.15) is 11.6 Å². The van der Waals surface area contributed by atoms with Gasteiger partial charge in [-0.1, -0.05) is 73.5 Å². The first-order valence-corrected chi connectivity index (χ1v) is 13.3. The standard InChI is InChI=1S/C30H33N3O4/c1-19-10-6-9-15-22(19)33-25(27(35)32-21-13-7-8-14-21)30-17-16-29(2,37-30)23(24(30)28(33)36)26(34)31-18-20-11-4-3-5-12-20/h3-6,9-12,15-17,21,23-25H,7-8,13-14,18H2,1-2H3,(H,31,34)(H,32,35)/t23-,24+,25-,29+,30-/m0/s1. The van der Waals surface area contributed by atoms with Gasteiger partial charge in [0, 0.05) is 18.3 Å². The molecule has 1 spiro atoms. The Kier molecular flexibility index (Phi) is 5.71. The van der Waals surface area contributed by atoms with Crippen molar-refractivity contribution in [1.29, 1.82) is 0 Å². The van der Waals surface area contributed by atoms with E-state index in [4.69, 9.17) is 4.74 Å². The summed E-state index contributed by atoms with van der Waals surface area (Å²) in [6.07, 6.45) is 7.79. The monoisotopic (exact) mass is 499 g/mol. The Morgan fingerprint density at radius 2 is 1.70 bits per heavy atom. The van der Waals surface area contributed by atoms with Gasteiger partial charge >= 0.3 is 0 Å². The van der Waals surface area contributed by atoms with Crippen LogP contribution < -0.4 is 15.5 Å². The van der Waals surface area contributed by atoms with Gasteiger partial charge in [-0.2, -0.15) is 0 Å². The maximum absolute atomic E-state index is 14.3. The fourth-order valence-corrected chi connectivity index (χ4v) is 6.87. The number of nitrogens with one attached hydrogen (secondary N) is 2. The number of benzene rings is 2. The van der Waals surface area contributed by atoms with E-state index in [0.717, 1.165) is 36.8 Å². The van der Waals surface area contributed by atoms with E-state index in [9.17, 15) is 14.4 Å². The van der Waals surface area contributed by atoms with Gasteiger partial charge in [0.15, 0.2) is 0 Å². The average molecular weight is 500 g/mol. The zero-order chi connectivity index (χ0) is 25.8. The van der Waals surface area contributed by atoms with Crippen molar-refractivity contribution in [2.24, 2.45) is 11.8 Å². The molecule has 3 aliphatic heterocycles. The number of amides is 3. The molecule has 1 saturated carbocycles. The number of hydrogen-bond acceptors (Lipinski definition) is 4.